The SMILES string of the molecule is C=C/C=C(\C)CCC/N=C(\C)C(C)C. The highest BCUT2D eigenvalue weighted by atomic mass is 14.7. The van der Waals surface area contributed by atoms with Crippen LogP contribution in [0.3, 0.4) is 0 Å². The molecule has 0 atom stereocenters. The fraction of sp³-hybridized carbons (Fsp3) is 0.615. The van der Waals surface area contributed by atoms with Crippen LogP contribution in [0.4, 0.5) is 0 Å². The molecule has 0 spiro atoms. The summed E-state index contributed by atoms with van der Waals surface area (Å²) in [7, 11) is 0. The zero-order valence-electron chi connectivity index (χ0n) is 10.0. The molecule has 1 heteroatoms. The fourth-order valence-corrected chi connectivity index (χ4v) is 1.08. The Hall–Kier alpha value is -0.850. The lowest BCUT2D eigenvalue weighted by atomic mass is 10.1. The van der Waals surface area contributed by atoms with Crippen molar-refractivity contribution in [2.45, 2.75) is 40.5 Å². The van der Waals surface area contributed by atoms with Crippen molar-refractivity contribution in [3.05, 3.63) is 24.3 Å². The summed E-state index contributed by atoms with van der Waals surface area (Å²) in [5.41, 5.74) is 2.65. The van der Waals surface area contributed by atoms with E-state index in [1.165, 1.54) is 11.3 Å². The number of hydrogen-bond acceptors (Lipinski definition) is 1. The summed E-state index contributed by atoms with van der Waals surface area (Å²) in [6.07, 6.45) is 6.18. The van der Waals surface area contributed by atoms with E-state index in [0.29, 0.717) is 5.92 Å². The van der Waals surface area contributed by atoms with Gasteiger partial charge in [0, 0.05) is 12.3 Å². The molecule has 0 saturated heterocycles. The molecule has 1 nitrogen and oxygen atoms in total. The van der Waals surface area contributed by atoms with Crippen LogP contribution in [0.15, 0.2) is 29.3 Å². The van der Waals surface area contributed by atoms with Crippen molar-refractivity contribution in [3.8, 4) is 0 Å². The smallest absolute Gasteiger partial charge is 0.0391 e. The normalized spacial score (nSPS) is 13.5. The minimum absolute atomic E-state index is 0.583. The molecule has 0 fully saturated rings. The molecule has 0 N–H and O–H groups in total. The first-order chi connectivity index (χ1) is 6.57. The van der Waals surface area contributed by atoms with Gasteiger partial charge in [-0.25, -0.2) is 0 Å². The second-order valence-corrected chi connectivity index (χ2v) is 4.03. The molecule has 0 unspecified atom stereocenters. The maximum absolute atomic E-state index is 4.52. The highest BCUT2D eigenvalue weighted by Gasteiger charge is 1.96. The van der Waals surface area contributed by atoms with E-state index in [-0.39, 0.29) is 0 Å². The topological polar surface area (TPSA) is 12.4 Å². The highest BCUT2D eigenvalue weighted by Crippen LogP contribution is 2.04. The lowest BCUT2D eigenvalue weighted by molar-refractivity contribution is 0.801. The molecular weight excluding hydrogens is 170 g/mol. The molecule has 0 aliphatic heterocycles. The van der Waals surface area contributed by atoms with Gasteiger partial charge in [0.15, 0.2) is 0 Å². The van der Waals surface area contributed by atoms with Crippen LogP contribution in [0.25, 0.3) is 0 Å². The lowest BCUT2D eigenvalue weighted by Crippen LogP contribution is -2.02. The molecule has 0 amide bonds. The van der Waals surface area contributed by atoms with Gasteiger partial charge in [-0.05, 0) is 32.6 Å². The third-order valence-corrected chi connectivity index (χ3v) is 2.33. The summed E-state index contributed by atoms with van der Waals surface area (Å²) >= 11 is 0. The average molecular weight is 193 g/mol. The molecule has 14 heavy (non-hydrogen) atoms. The van der Waals surface area contributed by atoms with E-state index in [9.17, 15) is 0 Å². The predicted molar refractivity (Wildman–Crippen MR) is 66.0 cm³/mol. The van der Waals surface area contributed by atoms with Crippen LogP contribution < -0.4 is 0 Å². The predicted octanol–water partition coefficient (Wildman–Crippen LogP) is 4.02. The average Bonchev–Trinajstić information content (AvgIpc) is 2.12. The van der Waals surface area contributed by atoms with Gasteiger partial charge in [0.25, 0.3) is 0 Å². The largest absolute Gasteiger partial charge is 0.294 e. The molecule has 0 bridgehead atoms. The number of allylic oxidation sites excluding steroid dienone is 3. The van der Waals surface area contributed by atoms with Crippen LogP contribution in [0.2, 0.25) is 0 Å². The van der Waals surface area contributed by atoms with Gasteiger partial charge in [0.05, 0.1) is 0 Å². The van der Waals surface area contributed by atoms with Crippen LogP contribution in [0, 0.1) is 5.92 Å². The Kier molecular flexibility index (Phi) is 7.09. The van der Waals surface area contributed by atoms with Crippen LogP contribution in [-0.4, -0.2) is 12.3 Å². The third kappa shape index (κ3) is 6.64. The number of rotatable bonds is 6. The van der Waals surface area contributed by atoms with E-state index in [4.69, 9.17) is 0 Å². The zero-order valence-corrected chi connectivity index (χ0v) is 10.0. The molecule has 0 aromatic rings. The number of aliphatic imine (C=N–C) groups is 1. The maximum atomic E-state index is 4.52. The molecule has 0 saturated carbocycles. The van der Waals surface area contributed by atoms with Gasteiger partial charge >= 0.3 is 0 Å². The van der Waals surface area contributed by atoms with Crippen LogP contribution in [-0.2, 0) is 0 Å². The summed E-state index contributed by atoms with van der Waals surface area (Å²) in [4.78, 5) is 4.52. The van der Waals surface area contributed by atoms with Crippen molar-refractivity contribution < 1.29 is 0 Å². The molecule has 0 aliphatic carbocycles. The Balaban J connectivity index is 3.71. The van der Waals surface area contributed by atoms with E-state index in [1.54, 1.807) is 0 Å². The van der Waals surface area contributed by atoms with Crippen LogP contribution in [0.1, 0.15) is 40.5 Å². The van der Waals surface area contributed by atoms with Crippen molar-refractivity contribution in [2.75, 3.05) is 6.54 Å². The monoisotopic (exact) mass is 193 g/mol. The van der Waals surface area contributed by atoms with Crippen LogP contribution in [0.5, 0.6) is 0 Å². The van der Waals surface area contributed by atoms with Crippen molar-refractivity contribution in [2.24, 2.45) is 10.9 Å². The van der Waals surface area contributed by atoms with E-state index < -0.39 is 0 Å². The van der Waals surface area contributed by atoms with Crippen LogP contribution >= 0.6 is 0 Å². The van der Waals surface area contributed by atoms with Crippen molar-refractivity contribution in [1.29, 1.82) is 0 Å². The summed E-state index contributed by atoms with van der Waals surface area (Å²) < 4.78 is 0. The lowest BCUT2D eigenvalue weighted by Gasteiger charge is -2.04. The molecule has 0 heterocycles. The molecule has 0 rings (SSSR count). The molecule has 0 aromatic carbocycles. The molecular formula is C13H23N. The summed E-state index contributed by atoms with van der Waals surface area (Å²) in [6.45, 7) is 13.2. The van der Waals surface area contributed by atoms with Gasteiger partial charge in [0.1, 0.15) is 0 Å². The second kappa shape index (κ2) is 7.54. The van der Waals surface area contributed by atoms with Gasteiger partial charge in [-0.15, -0.1) is 0 Å². The highest BCUT2D eigenvalue weighted by molar-refractivity contribution is 5.83. The standard InChI is InChI=1S/C13H23N/c1-6-8-12(4)9-7-10-14-13(5)11(2)3/h6,8,11H,1,7,9-10H2,2-5H3/b12-8+,14-13+. The van der Waals surface area contributed by atoms with Crippen molar-refractivity contribution in [3.63, 3.8) is 0 Å². The van der Waals surface area contributed by atoms with E-state index in [2.05, 4.69) is 45.3 Å². The van der Waals surface area contributed by atoms with Gasteiger partial charge < -0.3 is 0 Å². The van der Waals surface area contributed by atoms with E-state index in [1.807, 2.05) is 6.08 Å². The van der Waals surface area contributed by atoms with Crippen molar-refractivity contribution >= 4 is 5.71 Å². The first-order valence-electron chi connectivity index (χ1n) is 5.37. The quantitative estimate of drug-likeness (QED) is 0.343. The molecule has 80 valence electrons. The molecule has 0 radical (unpaired) electrons. The Morgan fingerprint density at radius 1 is 1.36 bits per heavy atom. The Labute approximate surface area is 88.6 Å². The zero-order chi connectivity index (χ0) is 11.0. The first-order valence-corrected chi connectivity index (χ1v) is 5.37. The van der Waals surface area contributed by atoms with E-state index in [0.717, 1.165) is 19.4 Å². The Bertz CT molecular complexity index is 221. The second-order valence-electron chi connectivity index (χ2n) is 4.03. The Morgan fingerprint density at radius 2 is 2.00 bits per heavy atom. The maximum Gasteiger partial charge on any atom is 0.0391 e. The van der Waals surface area contributed by atoms with Gasteiger partial charge in [-0.2, -0.15) is 0 Å². The first kappa shape index (κ1) is 13.2. The van der Waals surface area contributed by atoms with Gasteiger partial charge in [0.2, 0.25) is 0 Å². The van der Waals surface area contributed by atoms with Gasteiger partial charge in [-0.1, -0.05) is 38.2 Å². The summed E-state index contributed by atoms with van der Waals surface area (Å²) in [6, 6.07) is 0. The number of hydrogen-bond donors (Lipinski definition) is 0. The number of nitrogens with zero attached hydrogens (tertiary/aromatic N) is 1. The third-order valence-electron chi connectivity index (χ3n) is 2.33. The fourth-order valence-electron chi connectivity index (χ4n) is 1.08. The Morgan fingerprint density at radius 3 is 2.50 bits per heavy atom. The van der Waals surface area contributed by atoms with Gasteiger partial charge in [-0.3, -0.25) is 4.99 Å². The molecule has 0 aromatic heterocycles. The minimum Gasteiger partial charge on any atom is -0.294 e. The minimum atomic E-state index is 0.583. The summed E-state index contributed by atoms with van der Waals surface area (Å²) in [5, 5.41) is 0. The van der Waals surface area contributed by atoms with E-state index >= 15 is 0 Å². The molecule has 0 aliphatic rings. The van der Waals surface area contributed by atoms with Crippen molar-refractivity contribution in [1.82, 2.24) is 0 Å². The summed E-state index contributed by atoms with van der Waals surface area (Å²) in [5.74, 6) is 0.583.